The maximum absolute atomic E-state index is 6.10. The van der Waals surface area contributed by atoms with Gasteiger partial charge >= 0.3 is 0 Å². The third-order valence-electron chi connectivity index (χ3n) is 3.06. The number of benzene rings is 1. The van der Waals surface area contributed by atoms with Crippen molar-refractivity contribution in [2.24, 2.45) is 11.7 Å². The fourth-order valence-corrected chi connectivity index (χ4v) is 2.75. The van der Waals surface area contributed by atoms with E-state index in [0.717, 1.165) is 24.0 Å². The number of nitrogens with zero attached hydrogens (tertiary/aromatic N) is 1. The van der Waals surface area contributed by atoms with E-state index in [1.807, 2.05) is 0 Å². The molecule has 0 aromatic heterocycles. The van der Waals surface area contributed by atoms with E-state index >= 15 is 0 Å². The van der Waals surface area contributed by atoms with Crippen LogP contribution in [0.15, 0.2) is 28.7 Å². The van der Waals surface area contributed by atoms with Gasteiger partial charge in [0.25, 0.3) is 0 Å². The summed E-state index contributed by atoms with van der Waals surface area (Å²) in [6.07, 6.45) is 1.09. The molecule has 1 aliphatic rings. The Morgan fingerprint density at radius 3 is 2.87 bits per heavy atom. The summed E-state index contributed by atoms with van der Waals surface area (Å²) in [6.45, 7) is 2.15. The lowest BCUT2D eigenvalue weighted by Crippen LogP contribution is -2.30. The van der Waals surface area contributed by atoms with Crippen LogP contribution in [-0.4, -0.2) is 31.1 Å². The molecule has 0 bridgehead atoms. The Balaban J connectivity index is 2.03. The van der Waals surface area contributed by atoms with E-state index in [0.29, 0.717) is 12.0 Å². The van der Waals surface area contributed by atoms with E-state index in [1.54, 1.807) is 0 Å². The molecule has 1 heterocycles. The Kier molecular flexibility index (Phi) is 3.44. The van der Waals surface area contributed by atoms with Gasteiger partial charge in [-0.05, 0) is 37.1 Å². The highest BCUT2D eigenvalue weighted by atomic mass is 79.9. The van der Waals surface area contributed by atoms with Crippen molar-refractivity contribution >= 4 is 15.9 Å². The molecule has 2 unspecified atom stereocenters. The first kappa shape index (κ1) is 11.1. The Bertz CT molecular complexity index is 340. The molecule has 2 rings (SSSR count). The number of halogens is 1. The van der Waals surface area contributed by atoms with Gasteiger partial charge in [0.05, 0.1) is 0 Å². The number of likely N-dealkylation sites (N-methyl/N-ethyl adjacent to an activating group) is 1. The molecule has 0 spiro atoms. The highest BCUT2D eigenvalue weighted by Crippen LogP contribution is 2.20. The molecule has 0 radical (unpaired) electrons. The number of rotatable bonds is 2. The molecule has 82 valence electrons. The molecule has 1 saturated heterocycles. The van der Waals surface area contributed by atoms with Gasteiger partial charge in [0.1, 0.15) is 0 Å². The van der Waals surface area contributed by atoms with Crippen molar-refractivity contribution in [2.45, 2.75) is 12.5 Å². The molecular weight excluding hydrogens is 252 g/mol. The van der Waals surface area contributed by atoms with Crippen LogP contribution in [0.3, 0.4) is 0 Å². The molecule has 0 amide bonds. The average Bonchev–Trinajstić information content (AvgIpc) is 2.45. The van der Waals surface area contributed by atoms with Gasteiger partial charge in [0.2, 0.25) is 0 Å². The molecule has 2 atom stereocenters. The van der Waals surface area contributed by atoms with Crippen LogP contribution in [0, 0.1) is 5.92 Å². The SMILES string of the molecule is CN1CC(N)C(Cc2cccc(Br)c2)C1. The summed E-state index contributed by atoms with van der Waals surface area (Å²) in [4.78, 5) is 2.31. The first-order valence-electron chi connectivity index (χ1n) is 5.33. The minimum absolute atomic E-state index is 0.328. The van der Waals surface area contributed by atoms with Gasteiger partial charge in [-0.1, -0.05) is 28.1 Å². The molecule has 2 nitrogen and oxygen atoms in total. The van der Waals surface area contributed by atoms with E-state index < -0.39 is 0 Å². The van der Waals surface area contributed by atoms with Crippen molar-refractivity contribution in [1.82, 2.24) is 4.90 Å². The van der Waals surface area contributed by atoms with Crippen LogP contribution >= 0.6 is 15.9 Å². The van der Waals surface area contributed by atoms with Gasteiger partial charge in [-0.2, -0.15) is 0 Å². The monoisotopic (exact) mass is 268 g/mol. The van der Waals surface area contributed by atoms with Crippen LogP contribution in [0.5, 0.6) is 0 Å². The smallest absolute Gasteiger partial charge is 0.0211 e. The van der Waals surface area contributed by atoms with Crippen molar-refractivity contribution in [2.75, 3.05) is 20.1 Å². The minimum Gasteiger partial charge on any atom is -0.326 e. The van der Waals surface area contributed by atoms with E-state index in [1.165, 1.54) is 5.56 Å². The van der Waals surface area contributed by atoms with Crippen LogP contribution in [0.4, 0.5) is 0 Å². The summed E-state index contributed by atoms with van der Waals surface area (Å²) in [7, 11) is 2.14. The maximum Gasteiger partial charge on any atom is 0.0211 e. The summed E-state index contributed by atoms with van der Waals surface area (Å²) < 4.78 is 1.15. The average molecular weight is 269 g/mol. The Labute approximate surface area is 99.6 Å². The molecule has 0 saturated carbocycles. The second kappa shape index (κ2) is 4.64. The highest BCUT2D eigenvalue weighted by molar-refractivity contribution is 9.10. The zero-order valence-electron chi connectivity index (χ0n) is 8.99. The van der Waals surface area contributed by atoms with Gasteiger partial charge in [-0.3, -0.25) is 0 Å². The van der Waals surface area contributed by atoms with Crippen LogP contribution in [0.1, 0.15) is 5.56 Å². The second-order valence-electron chi connectivity index (χ2n) is 4.48. The lowest BCUT2D eigenvalue weighted by Gasteiger charge is -2.14. The molecule has 15 heavy (non-hydrogen) atoms. The summed E-state index contributed by atoms with van der Waals surface area (Å²) in [5.74, 6) is 0.601. The molecule has 3 heteroatoms. The van der Waals surface area contributed by atoms with Crippen molar-refractivity contribution in [1.29, 1.82) is 0 Å². The Morgan fingerprint density at radius 1 is 1.47 bits per heavy atom. The van der Waals surface area contributed by atoms with Gasteiger partial charge in [-0.15, -0.1) is 0 Å². The predicted octanol–water partition coefficient (Wildman–Crippen LogP) is 1.88. The molecule has 2 N–H and O–H groups in total. The fraction of sp³-hybridized carbons (Fsp3) is 0.500. The third kappa shape index (κ3) is 2.80. The summed E-state index contributed by atoms with van der Waals surface area (Å²) in [5.41, 5.74) is 7.48. The lowest BCUT2D eigenvalue weighted by atomic mass is 9.95. The molecular formula is C12H17BrN2. The van der Waals surface area contributed by atoms with E-state index in [2.05, 4.69) is 52.1 Å². The predicted molar refractivity (Wildman–Crippen MR) is 66.8 cm³/mol. The van der Waals surface area contributed by atoms with E-state index in [4.69, 9.17) is 5.73 Å². The van der Waals surface area contributed by atoms with Crippen molar-refractivity contribution in [3.05, 3.63) is 34.3 Å². The van der Waals surface area contributed by atoms with Crippen LogP contribution in [-0.2, 0) is 6.42 Å². The van der Waals surface area contributed by atoms with E-state index in [9.17, 15) is 0 Å². The van der Waals surface area contributed by atoms with Gasteiger partial charge in [-0.25, -0.2) is 0 Å². The molecule has 0 aliphatic carbocycles. The van der Waals surface area contributed by atoms with Crippen LogP contribution < -0.4 is 5.73 Å². The Hall–Kier alpha value is -0.380. The number of hydrogen-bond donors (Lipinski definition) is 1. The Morgan fingerprint density at radius 2 is 2.27 bits per heavy atom. The topological polar surface area (TPSA) is 29.3 Å². The van der Waals surface area contributed by atoms with Crippen molar-refractivity contribution < 1.29 is 0 Å². The fourth-order valence-electron chi connectivity index (χ4n) is 2.30. The zero-order valence-corrected chi connectivity index (χ0v) is 10.6. The number of likely N-dealkylation sites (tertiary alicyclic amines) is 1. The van der Waals surface area contributed by atoms with Crippen molar-refractivity contribution in [3.8, 4) is 0 Å². The molecule has 1 aromatic carbocycles. The highest BCUT2D eigenvalue weighted by Gasteiger charge is 2.27. The largest absolute Gasteiger partial charge is 0.326 e. The van der Waals surface area contributed by atoms with Gasteiger partial charge in [0, 0.05) is 23.6 Å². The molecule has 1 aliphatic heterocycles. The standard InChI is InChI=1S/C12H17BrN2/c1-15-7-10(12(14)8-15)5-9-3-2-4-11(13)6-9/h2-4,6,10,12H,5,7-8,14H2,1H3. The van der Waals surface area contributed by atoms with Crippen molar-refractivity contribution in [3.63, 3.8) is 0 Å². The van der Waals surface area contributed by atoms with Crippen LogP contribution in [0.2, 0.25) is 0 Å². The summed E-state index contributed by atoms with van der Waals surface area (Å²) in [5, 5.41) is 0. The quantitative estimate of drug-likeness (QED) is 0.888. The first-order valence-corrected chi connectivity index (χ1v) is 6.13. The number of nitrogens with two attached hydrogens (primary N) is 1. The van der Waals surface area contributed by atoms with Gasteiger partial charge in [0.15, 0.2) is 0 Å². The summed E-state index contributed by atoms with van der Waals surface area (Å²) >= 11 is 3.50. The summed E-state index contributed by atoms with van der Waals surface area (Å²) in [6, 6.07) is 8.84. The maximum atomic E-state index is 6.10. The first-order chi connectivity index (χ1) is 7.15. The zero-order chi connectivity index (χ0) is 10.8. The molecule has 1 fully saturated rings. The number of hydrogen-bond acceptors (Lipinski definition) is 2. The minimum atomic E-state index is 0.328. The molecule has 1 aromatic rings. The van der Waals surface area contributed by atoms with Crippen LogP contribution in [0.25, 0.3) is 0 Å². The normalized spacial score (nSPS) is 27.1. The second-order valence-corrected chi connectivity index (χ2v) is 5.39. The van der Waals surface area contributed by atoms with Gasteiger partial charge < -0.3 is 10.6 Å². The third-order valence-corrected chi connectivity index (χ3v) is 3.55. The van der Waals surface area contributed by atoms with E-state index in [-0.39, 0.29) is 0 Å². The lowest BCUT2D eigenvalue weighted by molar-refractivity contribution is 0.394.